The maximum Gasteiger partial charge on any atom is 0.317 e. The maximum absolute atomic E-state index is 13.4. The summed E-state index contributed by atoms with van der Waals surface area (Å²) >= 11 is 0. The van der Waals surface area contributed by atoms with E-state index in [1.807, 2.05) is 0 Å². The molecule has 8 heteroatoms. The Morgan fingerprint density at radius 3 is 2.48 bits per heavy atom. The number of nitrogens with zero attached hydrogens (tertiary/aromatic N) is 2. The summed E-state index contributed by atoms with van der Waals surface area (Å²) in [5, 5.41) is 2.77. The molecule has 2 saturated heterocycles. The summed E-state index contributed by atoms with van der Waals surface area (Å²) < 4.78 is 31.6. The lowest BCUT2D eigenvalue weighted by molar-refractivity contribution is -0.129. The summed E-state index contributed by atoms with van der Waals surface area (Å²) in [5.41, 5.74) is 0. The Balaban J connectivity index is 1.83. The minimum atomic E-state index is -3.01. The fraction of sp³-hybridized carbons (Fsp3) is 0.846. The van der Waals surface area contributed by atoms with Crippen molar-refractivity contribution in [1.29, 1.82) is 0 Å². The SMILES string of the molecule is CC(=O)N1CCC(NC(=O)N2CCOCC(F)(F)C2)CC1. The predicted octanol–water partition coefficient (Wildman–Crippen LogP) is 0.674. The molecule has 0 atom stereocenters. The third kappa shape index (κ3) is 4.52. The first-order valence-electron chi connectivity index (χ1n) is 7.14. The van der Waals surface area contributed by atoms with Gasteiger partial charge in [0.25, 0.3) is 5.92 Å². The van der Waals surface area contributed by atoms with Gasteiger partial charge in [-0.2, -0.15) is 0 Å². The molecule has 0 spiro atoms. The molecule has 0 saturated carbocycles. The highest BCUT2D eigenvalue weighted by atomic mass is 19.3. The third-order valence-electron chi connectivity index (χ3n) is 3.80. The average Bonchev–Trinajstić information content (AvgIpc) is 2.60. The van der Waals surface area contributed by atoms with E-state index in [0.717, 1.165) is 4.90 Å². The van der Waals surface area contributed by atoms with Crippen molar-refractivity contribution in [2.75, 3.05) is 39.4 Å². The molecule has 3 amide bonds. The number of amides is 3. The number of hydrogen-bond donors (Lipinski definition) is 1. The molecule has 0 aromatic carbocycles. The number of alkyl halides is 2. The number of piperidine rings is 1. The molecule has 0 aromatic heterocycles. The number of likely N-dealkylation sites (tertiary alicyclic amines) is 1. The van der Waals surface area contributed by atoms with E-state index in [9.17, 15) is 18.4 Å². The Hall–Kier alpha value is -1.44. The van der Waals surface area contributed by atoms with Gasteiger partial charge < -0.3 is 19.9 Å². The van der Waals surface area contributed by atoms with Gasteiger partial charge in [0.2, 0.25) is 5.91 Å². The summed E-state index contributed by atoms with van der Waals surface area (Å²) in [7, 11) is 0. The molecule has 2 aliphatic heterocycles. The first kappa shape index (κ1) is 15.9. The largest absolute Gasteiger partial charge is 0.373 e. The smallest absolute Gasteiger partial charge is 0.317 e. The molecule has 6 nitrogen and oxygen atoms in total. The zero-order valence-electron chi connectivity index (χ0n) is 12.1. The van der Waals surface area contributed by atoms with Crippen LogP contribution in [0.5, 0.6) is 0 Å². The Bertz CT molecular complexity index is 398. The van der Waals surface area contributed by atoms with E-state index < -0.39 is 25.1 Å². The molecular formula is C13H21F2N3O3. The van der Waals surface area contributed by atoms with Gasteiger partial charge in [-0.05, 0) is 12.8 Å². The monoisotopic (exact) mass is 305 g/mol. The summed E-state index contributed by atoms with van der Waals surface area (Å²) in [6, 6.07) is -0.563. The predicted molar refractivity (Wildman–Crippen MR) is 71.1 cm³/mol. The summed E-state index contributed by atoms with van der Waals surface area (Å²) in [6.45, 7) is 1.69. The normalized spacial score (nSPS) is 23.6. The van der Waals surface area contributed by atoms with E-state index >= 15 is 0 Å². The molecule has 0 unspecified atom stereocenters. The minimum Gasteiger partial charge on any atom is -0.373 e. The highest BCUT2D eigenvalue weighted by Gasteiger charge is 2.36. The van der Waals surface area contributed by atoms with Gasteiger partial charge in [-0.3, -0.25) is 4.79 Å². The molecule has 21 heavy (non-hydrogen) atoms. The fourth-order valence-electron chi connectivity index (χ4n) is 2.58. The van der Waals surface area contributed by atoms with Crippen molar-refractivity contribution in [2.24, 2.45) is 0 Å². The van der Waals surface area contributed by atoms with E-state index in [1.54, 1.807) is 4.90 Å². The molecule has 0 aromatic rings. The summed E-state index contributed by atoms with van der Waals surface area (Å²) in [5.74, 6) is -2.99. The molecule has 0 bridgehead atoms. The summed E-state index contributed by atoms with van der Waals surface area (Å²) in [6.07, 6.45) is 1.29. The van der Waals surface area contributed by atoms with Crippen LogP contribution in [0.15, 0.2) is 0 Å². The van der Waals surface area contributed by atoms with E-state index in [4.69, 9.17) is 4.74 Å². The van der Waals surface area contributed by atoms with Crippen molar-refractivity contribution < 1.29 is 23.1 Å². The lowest BCUT2D eigenvalue weighted by Crippen LogP contribution is -2.52. The number of urea groups is 1. The molecule has 120 valence electrons. The maximum atomic E-state index is 13.4. The first-order valence-corrected chi connectivity index (χ1v) is 7.14. The van der Waals surface area contributed by atoms with E-state index in [-0.39, 0.29) is 25.1 Å². The van der Waals surface area contributed by atoms with E-state index in [1.165, 1.54) is 6.92 Å². The van der Waals surface area contributed by atoms with Crippen LogP contribution in [0.1, 0.15) is 19.8 Å². The average molecular weight is 305 g/mol. The van der Waals surface area contributed by atoms with Crippen LogP contribution in [-0.4, -0.2) is 73.1 Å². The van der Waals surface area contributed by atoms with Gasteiger partial charge in [0, 0.05) is 32.6 Å². The number of halogens is 2. The van der Waals surface area contributed by atoms with Crippen LogP contribution in [0.4, 0.5) is 13.6 Å². The molecule has 2 fully saturated rings. The van der Waals surface area contributed by atoms with Gasteiger partial charge in [0.15, 0.2) is 0 Å². The molecule has 2 heterocycles. The Morgan fingerprint density at radius 1 is 1.19 bits per heavy atom. The van der Waals surface area contributed by atoms with Crippen molar-refractivity contribution in [1.82, 2.24) is 15.1 Å². The van der Waals surface area contributed by atoms with Gasteiger partial charge in [0.1, 0.15) is 6.61 Å². The molecule has 1 N–H and O–H groups in total. The standard InChI is InChI=1S/C13H21F2N3O3/c1-10(19)17-4-2-11(3-5-17)16-12(20)18-6-7-21-9-13(14,15)8-18/h11H,2-9H2,1H3,(H,16,20). The molecule has 2 aliphatic rings. The second-order valence-corrected chi connectivity index (χ2v) is 5.56. The fourth-order valence-corrected chi connectivity index (χ4v) is 2.58. The number of carbonyl (C=O) groups is 2. The van der Waals surface area contributed by atoms with Gasteiger partial charge in [-0.1, -0.05) is 0 Å². The number of rotatable bonds is 1. The van der Waals surface area contributed by atoms with Crippen LogP contribution >= 0.6 is 0 Å². The highest BCUT2D eigenvalue weighted by Crippen LogP contribution is 2.19. The van der Waals surface area contributed by atoms with Crippen molar-refractivity contribution in [3.05, 3.63) is 0 Å². The van der Waals surface area contributed by atoms with Crippen molar-refractivity contribution in [3.63, 3.8) is 0 Å². The number of nitrogens with one attached hydrogen (secondary N) is 1. The number of hydrogen-bond acceptors (Lipinski definition) is 3. The van der Waals surface area contributed by atoms with Crippen LogP contribution in [-0.2, 0) is 9.53 Å². The molecule has 2 rings (SSSR count). The highest BCUT2D eigenvalue weighted by molar-refractivity contribution is 5.75. The van der Waals surface area contributed by atoms with Crippen LogP contribution in [0.3, 0.4) is 0 Å². The van der Waals surface area contributed by atoms with Crippen molar-refractivity contribution >= 4 is 11.9 Å². The number of ether oxygens (including phenoxy) is 1. The summed E-state index contributed by atoms with van der Waals surface area (Å²) in [4.78, 5) is 26.1. The second kappa shape index (κ2) is 6.55. The Morgan fingerprint density at radius 2 is 1.86 bits per heavy atom. The van der Waals surface area contributed by atoms with Gasteiger partial charge in [0.05, 0.1) is 13.2 Å². The van der Waals surface area contributed by atoms with Gasteiger partial charge in [-0.25, -0.2) is 13.6 Å². The zero-order valence-corrected chi connectivity index (χ0v) is 12.1. The van der Waals surface area contributed by atoms with Gasteiger partial charge >= 0.3 is 6.03 Å². The third-order valence-corrected chi connectivity index (χ3v) is 3.80. The first-order chi connectivity index (χ1) is 9.87. The van der Waals surface area contributed by atoms with Crippen LogP contribution < -0.4 is 5.32 Å². The lowest BCUT2D eigenvalue weighted by Gasteiger charge is -2.33. The van der Waals surface area contributed by atoms with Crippen LogP contribution in [0.2, 0.25) is 0 Å². The van der Waals surface area contributed by atoms with E-state index in [0.29, 0.717) is 25.9 Å². The molecule has 0 aliphatic carbocycles. The Kier molecular flexibility index (Phi) is 4.97. The minimum absolute atomic E-state index is 0.0177. The van der Waals surface area contributed by atoms with Crippen molar-refractivity contribution in [3.8, 4) is 0 Å². The molecular weight excluding hydrogens is 284 g/mol. The quantitative estimate of drug-likeness (QED) is 0.775. The zero-order chi connectivity index (χ0) is 15.5. The topological polar surface area (TPSA) is 61.9 Å². The molecule has 0 radical (unpaired) electrons. The van der Waals surface area contributed by atoms with Gasteiger partial charge in [-0.15, -0.1) is 0 Å². The second-order valence-electron chi connectivity index (χ2n) is 5.56. The van der Waals surface area contributed by atoms with Crippen molar-refractivity contribution in [2.45, 2.75) is 31.7 Å². The van der Waals surface area contributed by atoms with Crippen LogP contribution in [0, 0.1) is 0 Å². The van der Waals surface area contributed by atoms with Crippen LogP contribution in [0.25, 0.3) is 0 Å². The lowest BCUT2D eigenvalue weighted by atomic mass is 10.1. The number of carbonyl (C=O) groups excluding carboxylic acids is 2. The van der Waals surface area contributed by atoms with E-state index in [2.05, 4.69) is 5.32 Å². The Labute approximate surface area is 122 Å².